The predicted octanol–water partition coefficient (Wildman–Crippen LogP) is 2.83. The van der Waals surface area contributed by atoms with E-state index in [0.29, 0.717) is 0 Å². The largest absolute Gasteiger partial charge is 0.574 e. The summed E-state index contributed by atoms with van der Waals surface area (Å²) in [4.78, 5) is 9.17. The van der Waals surface area contributed by atoms with Crippen molar-refractivity contribution in [3.63, 3.8) is 0 Å². The minimum Gasteiger partial charge on any atom is -0.388 e. The van der Waals surface area contributed by atoms with E-state index in [4.69, 9.17) is 0 Å². The van der Waals surface area contributed by atoms with Gasteiger partial charge in [-0.3, -0.25) is 10.1 Å². The molecule has 0 bridgehead atoms. The molecule has 0 radical (unpaired) electrons. The van der Waals surface area contributed by atoms with Gasteiger partial charge in [-0.2, -0.15) is 13.2 Å². The molecule has 0 saturated carbocycles. The topological polar surface area (TPSA) is 99.4 Å². The van der Waals surface area contributed by atoms with Crippen LogP contribution in [0.15, 0.2) is 11.0 Å². The summed E-state index contributed by atoms with van der Waals surface area (Å²) in [5, 5.41) is 10.6. The molecule has 0 aromatic carbocycles. The molecular formula is C7HClF6N2O5S. The third kappa shape index (κ3) is 4.33. The van der Waals surface area contributed by atoms with Gasteiger partial charge in [0.15, 0.2) is 10.6 Å². The molecule has 0 aliphatic carbocycles. The molecule has 15 heteroatoms. The number of hydrogen-bond acceptors (Lipinski definition) is 6. The summed E-state index contributed by atoms with van der Waals surface area (Å²) in [6.45, 7) is 0. The van der Waals surface area contributed by atoms with Gasteiger partial charge >= 0.3 is 12.5 Å². The Labute approximate surface area is 121 Å². The molecule has 0 aliphatic heterocycles. The summed E-state index contributed by atoms with van der Waals surface area (Å²) in [5.41, 5.74) is -4.37. The molecule has 1 aromatic heterocycles. The Balaban J connectivity index is 3.81. The zero-order valence-corrected chi connectivity index (χ0v) is 11.1. The summed E-state index contributed by atoms with van der Waals surface area (Å²) < 4.78 is 99.2. The molecule has 1 heterocycles. The highest BCUT2D eigenvalue weighted by atomic mass is 35.7. The molecule has 7 nitrogen and oxygen atoms in total. The monoisotopic (exact) mass is 374 g/mol. The number of alkyl halides is 6. The van der Waals surface area contributed by atoms with Gasteiger partial charge in [-0.15, -0.1) is 13.2 Å². The quantitative estimate of drug-likeness (QED) is 0.349. The van der Waals surface area contributed by atoms with Gasteiger partial charge < -0.3 is 4.74 Å². The van der Waals surface area contributed by atoms with Gasteiger partial charge in [0.25, 0.3) is 14.7 Å². The minimum atomic E-state index is -5.65. The smallest absolute Gasteiger partial charge is 0.388 e. The van der Waals surface area contributed by atoms with Crippen molar-refractivity contribution in [3.05, 3.63) is 21.9 Å². The highest BCUT2D eigenvalue weighted by molar-refractivity contribution is 8.13. The van der Waals surface area contributed by atoms with E-state index >= 15 is 0 Å². The second-order valence-corrected chi connectivity index (χ2v) is 5.90. The minimum absolute atomic E-state index is 0.238. The van der Waals surface area contributed by atoms with Crippen LogP contribution in [0.4, 0.5) is 32.0 Å². The van der Waals surface area contributed by atoms with E-state index < -0.39 is 48.7 Å². The molecule has 1 aromatic rings. The Morgan fingerprint density at radius 1 is 1.23 bits per heavy atom. The molecule has 0 fully saturated rings. The Kier molecular flexibility index (Phi) is 4.49. The first-order valence-corrected chi connectivity index (χ1v) is 6.91. The van der Waals surface area contributed by atoms with Crippen LogP contribution in [0.3, 0.4) is 0 Å². The molecular weight excluding hydrogens is 374 g/mol. The zero-order chi connectivity index (χ0) is 17.5. The molecule has 0 saturated heterocycles. The van der Waals surface area contributed by atoms with E-state index in [9.17, 15) is 44.9 Å². The summed E-state index contributed by atoms with van der Waals surface area (Å²) in [7, 11) is -0.672. The second-order valence-electron chi connectivity index (χ2n) is 3.40. The standard InChI is InChI=1S/C7HClF6N2O5S/c8-22(19,20)4-2(16(17)18)1-3(21-7(12,13)14)15-5(4)6(9,10)11/h1H. The fourth-order valence-electron chi connectivity index (χ4n) is 1.24. The Bertz CT molecular complexity index is 715. The SMILES string of the molecule is O=[N+]([O-])c1cc(OC(F)(F)F)nc(C(F)(F)F)c1S(=O)(=O)Cl. The molecule has 0 atom stereocenters. The molecule has 124 valence electrons. The lowest BCUT2D eigenvalue weighted by molar-refractivity contribution is -0.388. The lowest BCUT2D eigenvalue weighted by atomic mass is 10.3. The van der Waals surface area contributed by atoms with Crippen molar-refractivity contribution in [1.82, 2.24) is 4.98 Å². The summed E-state index contributed by atoms with van der Waals surface area (Å²) in [5.74, 6) is -1.87. The van der Waals surface area contributed by atoms with Crippen molar-refractivity contribution in [2.75, 3.05) is 0 Å². The molecule has 0 amide bonds. The number of pyridine rings is 1. The maximum absolute atomic E-state index is 12.7. The number of rotatable bonds is 3. The molecule has 0 N–H and O–H groups in total. The van der Waals surface area contributed by atoms with Gasteiger partial charge in [-0.25, -0.2) is 13.4 Å². The molecule has 0 unspecified atom stereocenters. The van der Waals surface area contributed by atoms with Crippen LogP contribution < -0.4 is 4.74 Å². The van der Waals surface area contributed by atoms with E-state index in [2.05, 4.69) is 20.4 Å². The number of nitrogens with zero attached hydrogens (tertiary/aromatic N) is 2. The first-order valence-electron chi connectivity index (χ1n) is 4.60. The number of ether oxygens (including phenoxy) is 1. The van der Waals surface area contributed by atoms with Crippen LogP contribution in [0.2, 0.25) is 0 Å². The van der Waals surface area contributed by atoms with E-state index in [-0.39, 0.29) is 6.07 Å². The first-order chi connectivity index (χ1) is 9.63. The first kappa shape index (κ1) is 18.2. The van der Waals surface area contributed by atoms with Crippen LogP contribution in [0.25, 0.3) is 0 Å². The van der Waals surface area contributed by atoms with E-state index in [1.54, 1.807) is 0 Å². The van der Waals surface area contributed by atoms with E-state index in [1.807, 2.05) is 0 Å². The van der Waals surface area contributed by atoms with Crippen molar-refractivity contribution in [1.29, 1.82) is 0 Å². The van der Waals surface area contributed by atoms with Crippen molar-refractivity contribution >= 4 is 25.4 Å². The summed E-state index contributed by atoms with van der Waals surface area (Å²) in [6, 6.07) is -0.238. The van der Waals surface area contributed by atoms with Crippen molar-refractivity contribution in [2.24, 2.45) is 0 Å². The normalized spacial score (nSPS) is 13.0. The maximum Gasteiger partial charge on any atom is 0.574 e. The zero-order valence-electron chi connectivity index (χ0n) is 9.57. The van der Waals surface area contributed by atoms with Crippen LogP contribution in [-0.2, 0) is 15.2 Å². The van der Waals surface area contributed by atoms with Crippen LogP contribution in [0, 0.1) is 10.1 Å². The van der Waals surface area contributed by atoms with Crippen molar-refractivity contribution in [2.45, 2.75) is 17.4 Å². The van der Waals surface area contributed by atoms with Crippen molar-refractivity contribution in [3.8, 4) is 5.88 Å². The number of aromatic nitrogens is 1. The molecule has 22 heavy (non-hydrogen) atoms. The maximum atomic E-state index is 12.7. The summed E-state index contributed by atoms with van der Waals surface area (Å²) in [6.07, 6.45) is -11.2. The van der Waals surface area contributed by atoms with Gasteiger partial charge in [0, 0.05) is 10.7 Å². The van der Waals surface area contributed by atoms with Gasteiger partial charge in [-0.05, 0) is 0 Å². The van der Waals surface area contributed by atoms with E-state index in [0.717, 1.165) is 0 Å². The molecule has 0 aliphatic rings. The number of halogens is 7. The van der Waals surface area contributed by atoms with Crippen LogP contribution in [-0.4, -0.2) is 24.7 Å². The number of hydrogen-bond donors (Lipinski definition) is 0. The lowest BCUT2D eigenvalue weighted by Gasteiger charge is -2.13. The van der Waals surface area contributed by atoms with Crippen LogP contribution >= 0.6 is 10.7 Å². The fourth-order valence-corrected chi connectivity index (χ4v) is 2.47. The third-order valence-corrected chi connectivity index (χ3v) is 3.21. The predicted molar refractivity (Wildman–Crippen MR) is 55.6 cm³/mol. The highest BCUT2D eigenvalue weighted by Crippen LogP contribution is 2.41. The average molecular weight is 375 g/mol. The van der Waals surface area contributed by atoms with Gasteiger partial charge in [0.2, 0.25) is 5.88 Å². The molecule has 1 rings (SSSR count). The second kappa shape index (κ2) is 5.42. The van der Waals surface area contributed by atoms with Gasteiger partial charge in [-0.1, -0.05) is 0 Å². The number of nitro groups is 1. The van der Waals surface area contributed by atoms with Gasteiger partial charge in [0.1, 0.15) is 0 Å². The Morgan fingerprint density at radius 2 is 1.73 bits per heavy atom. The fraction of sp³-hybridized carbons (Fsp3) is 0.286. The highest BCUT2D eigenvalue weighted by Gasteiger charge is 2.45. The van der Waals surface area contributed by atoms with Crippen molar-refractivity contribution < 1.29 is 44.4 Å². The van der Waals surface area contributed by atoms with Crippen LogP contribution in [0.1, 0.15) is 5.69 Å². The van der Waals surface area contributed by atoms with Crippen LogP contribution in [0.5, 0.6) is 5.88 Å². The molecule has 0 spiro atoms. The Morgan fingerprint density at radius 3 is 2.05 bits per heavy atom. The van der Waals surface area contributed by atoms with E-state index in [1.165, 1.54) is 0 Å². The lowest BCUT2D eigenvalue weighted by Crippen LogP contribution is -2.21. The van der Waals surface area contributed by atoms with Gasteiger partial charge in [0.05, 0.1) is 11.0 Å². The Hall–Kier alpha value is -1.83. The average Bonchev–Trinajstić information content (AvgIpc) is 2.22. The third-order valence-electron chi connectivity index (χ3n) is 1.86. The summed E-state index contributed by atoms with van der Waals surface area (Å²) >= 11 is 0.